The van der Waals surface area contributed by atoms with Crippen molar-refractivity contribution in [3.8, 4) is 0 Å². The van der Waals surface area contributed by atoms with E-state index in [0.717, 1.165) is 24.7 Å². The number of rotatable bonds is 7. The number of aromatic nitrogens is 1. The standard InChI is InChI=1S/C25H33N3O2S/c1-19(29)24-13-22(18-31-24)25(30)28(15-20-7-5-11-26-14-20)17-21-8-6-12-27(16-21)23-9-3-2-4-10-23/h5,7,11,13-14,18,21,23H,2-4,6,8-10,12,15-17H2,1H3. The molecule has 1 amide bonds. The number of ketones is 1. The number of amides is 1. The summed E-state index contributed by atoms with van der Waals surface area (Å²) in [6.07, 6.45) is 12.7. The van der Waals surface area contributed by atoms with Gasteiger partial charge in [0.05, 0.1) is 10.4 Å². The summed E-state index contributed by atoms with van der Waals surface area (Å²) in [6.45, 7) is 5.14. The Hall–Kier alpha value is -2.05. The van der Waals surface area contributed by atoms with Gasteiger partial charge in [-0.1, -0.05) is 25.3 Å². The summed E-state index contributed by atoms with van der Waals surface area (Å²) in [6, 6.07) is 6.42. The van der Waals surface area contributed by atoms with Gasteiger partial charge in [-0.2, -0.15) is 0 Å². The second-order valence-corrected chi connectivity index (χ2v) is 10.0. The van der Waals surface area contributed by atoms with E-state index in [-0.39, 0.29) is 11.7 Å². The number of likely N-dealkylation sites (tertiary alicyclic amines) is 1. The molecule has 1 atom stereocenters. The minimum atomic E-state index is 0.0123. The van der Waals surface area contributed by atoms with Crippen LogP contribution >= 0.6 is 11.3 Å². The molecule has 1 saturated heterocycles. The Morgan fingerprint density at radius 1 is 1.19 bits per heavy atom. The lowest BCUT2D eigenvalue weighted by Gasteiger charge is -2.41. The smallest absolute Gasteiger partial charge is 0.255 e. The third-order valence-electron chi connectivity index (χ3n) is 6.70. The summed E-state index contributed by atoms with van der Waals surface area (Å²) in [7, 11) is 0. The van der Waals surface area contributed by atoms with Crippen LogP contribution in [-0.2, 0) is 6.54 Å². The molecule has 31 heavy (non-hydrogen) atoms. The summed E-state index contributed by atoms with van der Waals surface area (Å²) >= 11 is 1.36. The Bertz CT molecular complexity index is 876. The molecule has 2 fully saturated rings. The normalized spacial score (nSPS) is 20.5. The van der Waals surface area contributed by atoms with E-state index >= 15 is 0 Å². The van der Waals surface area contributed by atoms with Crippen molar-refractivity contribution in [1.29, 1.82) is 0 Å². The van der Waals surface area contributed by atoms with Crippen LogP contribution in [0.2, 0.25) is 0 Å². The van der Waals surface area contributed by atoms with E-state index in [1.54, 1.807) is 19.2 Å². The monoisotopic (exact) mass is 439 g/mol. The molecule has 1 aliphatic carbocycles. The maximum atomic E-state index is 13.4. The number of thiophene rings is 1. The van der Waals surface area contributed by atoms with Crippen LogP contribution in [0.5, 0.6) is 0 Å². The van der Waals surface area contributed by atoms with E-state index in [0.29, 0.717) is 22.9 Å². The lowest BCUT2D eigenvalue weighted by atomic mass is 9.90. The summed E-state index contributed by atoms with van der Waals surface area (Å²) < 4.78 is 0. The van der Waals surface area contributed by atoms with Gasteiger partial charge in [0.1, 0.15) is 0 Å². The van der Waals surface area contributed by atoms with Gasteiger partial charge in [0.15, 0.2) is 5.78 Å². The fourth-order valence-electron chi connectivity index (χ4n) is 5.08. The molecular weight excluding hydrogens is 406 g/mol. The van der Waals surface area contributed by atoms with Crippen LogP contribution in [0.15, 0.2) is 36.0 Å². The average molecular weight is 440 g/mol. The van der Waals surface area contributed by atoms with Crippen LogP contribution in [-0.4, -0.2) is 52.2 Å². The van der Waals surface area contributed by atoms with Crippen LogP contribution < -0.4 is 0 Å². The van der Waals surface area contributed by atoms with Crippen molar-refractivity contribution in [3.63, 3.8) is 0 Å². The first-order chi connectivity index (χ1) is 15.1. The molecule has 1 saturated carbocycles. The van der Waals surface area contributed by atoms with Crippen LogP contribution in [0.3, 0.4) is 0 Å². The SMILES string of the molecule is CC(=O)c1cc(C(=O)N(Cc2cccnc2)CC2CCCN(C3CCCCC3)C2)cs1. The highest BCUT2D eigenvalue weighted by atomic mass is 32.1. The summed E-state index contributed by atoms with van der Waals surface area (Å²) in [5.41, 5.74) is 1.66. The zero-order valence-corrected chi connectivity index (χ0v) is 19.3. The lowest BCUT2D eigenvalue weighted by molar-refractivity contribution is 0.0584. The fraction of sp³-hybridized carbons (Fsp3) is 0.560. The first kappa shape index (κ1) is 22.2. The van der Waals surface area contributed by atoms with Gasteiger partial charge in [-0.15, -0.1) is 11.3 Å². The van der Waals surface area contributed by atoms with Gasteiger partial charge in [-0.05, 0) is 62.8 Å². The molecule has 5 nitrogen and oxygen atoms in total. The first-order valence-electron chi connectivity index (χ1n) is 11.6. The predicted octanol–water partition coefficient (Wildman–Crippen LogP) is 5.03. The number of Topliss-reactive ketones (excluding diaryl/α,β-unsaturated/α-hetero) is 1. The van der Waals surface area contributed by atoms with Crippen molar-refractivity contribution in [2.75, 3.05) is 19.6 Å². The molecular formula is C25H33N3O2S. The van der Waals surface area contributed by atoms with Crippen molar-refractivity contribution >= 4 is 23.0 Å². The number of piperidine rings is 1. The molecule has 0 spiro atoms. The maximum Gasteiger partial charge on any atom is 0.255 e. The molecule has 2 aliphatic rings. The van der Waals surface area contributed by atoms with Gasteiger partial charge in [-0.25, -0.2) is 0 Å². The predicted molar refractivity (Wildman–Crippen MR) is 124 cm³/mol. The molecule has 2 aromatic rings. The van der Waals surface area contributed by atoms with Crippen LogP contribution in [0.1, 0.15) is 77.5 Å². The minimum absolute atomic E-state index is 0.0123. The molecule has 1 unspecified atom stereocenters. The van der Waals surface area contributed by atoms with E-state index in [1.165, 1.54) is 62.8 Å². The Kier molecular flexibility index (Phi) is 7.51. The molecule has 0 bridgehead atoms. The van der Waals surface area contributed by atoms with Gasteiger partial charge in [0.25, 0.3) is 5.91 Å². The number of pyridine rings is 1. The molecule has 6 heteroatoms. The van der Waals surface area contributed by atoms with Crippen molar-refractivity contribution in [2.24, 2.45) is 5.92 Å². The van der Waals surface area contributed by atoms with Gasteiger partial charge in [-0.3, -0.25) is 14.6 Å². The third kappa shape index (κ3) is 5.80. The largest absolute Gasteiger partial charge is 0.334 e. The number of hydrogen-bond acceptors (Lipinski definition) is 5. The van der Waals surface area contributed by atoms with Crippen molar-refractivity contribution in [2.45, 2.75) is 64.5 Å². The number of carbonyl (C=O) groups excluding carboxylic acids is 2. The van der Waals surface area contributed by atoms with Crippen LogP contribution in [0.4, 0.5) is 0 Å². The Morgan fingerprint density at radius 3 is 2.74 bits per heavy atom. The van der Waals surface area contributed by atoms with E-state index in [2.05, 4.69) is 9.88 Å². The van der Waals surface area contributed by atoms with Gasteiger partial charge in [0.2, 0.25) is 0 Å². The Morgan fingerprint density at radius 2 is 2.03 bits per heavy atom. The van der Waals surface area contributed by atoms with E-state index < -0.39 is 0 Å². The van der Waals surface area contributed by atoms with Crippen molar-refractivity contribution in [3.05, 3.63) is 52.0 Å². The van der Waals surface area contributed by atoms with Gasteiger partial charge in [0, 0.05) is 43.4 Å². The highest BCUT2D eigenvalue weighted by Gasteiger charge is 2.29. The van der Waals surface area contributed by atoms with E-state index in [4.69, 9.17) is 0 Å². The summed E-state index contributed by atoms with van der Waals surface area (Å²) in [5.74, 6) is 0.517. The molecule has 0 radical (unpaired) electrons. The number of hydrogen-bond donors (Lipinski definition) is 0. The zero-order chi connectivity index (χ0) is 21.6. The van der Waals surface area contributed by atoms with Crippen LogP contribution in [0, 0.1) is 5.92 Å². The second kappa shape index (κ2) is 10.5. The highest BCUT2D eigenvalue weighted by Crippen LogP contribution is 2.28. The molecule has 0 aromatic carbocycles. The first-order valence-corrected chi connectivity index (χ1v) is 12.5. The Balaban J connectivity index is 1.48. The lowest BCUT2D eigenvalue weighted by Crippen LogP contribution is -2.47. The van der Waals surface area contributed by atoms with Crippen molar-refractivity contribution in [1.82, 2.24) is 14.8 Å². The van der Waals surface area contributed by atoms with Gasteiger partial charge >= 0.3 is 0 Å². The molecule has 3 heterocycles. The minimum Gasteiger partial charge on any atom is -0.334 e. The molecule has 4 rings (SSSR count). The molecule has 2 aromatic heterocycles. The fourth-order valence-corrected chi connectivity index (χ4v) is 5.87. The van der Waals surface area contributed by atoms with Gasteiger partial charge < -0.3 is 9.80 Å². The highest BCUT2D eigenvalue weighted by molar-refractivity contribution is 7.12. The second-order valence-electron chi connectivity index (χ2n) is 9.10. The molecule has 1 aliphatic heterocycles. The average Bonchev–Trinajstić information content (AvgIpc) is 3.30. The third-order valence-corrected chi connectivity index (χ3v) is 7.73. The summed E-state index contributed by atoms with van der Waals surface area (Å²) in [4.78, 5) is 34.7. The number of carbonyl (C=O) groups is 2. The molecule has 0 N–H and O–H groups in total. The van der Waals surface area contributed by atoms with E-state index in [9.17, 15) is 9.59 Å². The van der Waals surface area contributed by atoms with Crippen LogP contribution in [0.25, 0.3) is 0 Å². The van der Waals surface area contributed by atoms with Crippen molar-refractivity contribution < 1.29 is 9.59 Å². The number of nitrogens with zero attached hydrogens (tertiary/aromatic N) is 3. The summed E-state index contributed by atoms with van der Waals surface area (Å²) in [5, 5.41) is 1.82. The Labute approximate surface area is 189 Å². The topological polar surface area (TPSA) is 53.5 Å². The van der Waals surface area contributed by atoms with E-state index in [1.807, 2.05) is 28.6 Å². The quantitative estimate of drug-likeness (QED) is 0.568. The zero-order valence-electron chi connectivity index (χ0n) is 18.5. The maximum absolute atomic E-state index is 13.4. The molecule has 166 valence electrons.